The molecular formula is C20H25FN6O3S. The van der Waals surface area contributed by atoms with Gasteiger partial charge in [-0.3, -0.25) is 0 Å². The normalized spacial score (nSPS) is 20.5. The Labute approximate surface area is 179 Å². The molecule has 31 heavy (non-hydrogen) atoms. The summed E-state index contributed by atoms with van der Waals surface area (Å²) in [5, 5.41) is 16.2. The Morgan fingerprint density at radius 2 is 2.03 bits per heavy atom. The number of hydrogen-bond acceptors (Lipinski definition) is 5. The molecule has 0 spiro atoms. The molecule has 2 atom stereocenters. The van der Waals surface area contributed by atoms with Crippen molar-refractivity contribution in [2.75, 3.05) is 18.5 Å². The Morgan fingerprint density at radius 3 is 2.77 bits per heavy atom. The summed E-state index contributed by atoms with van der Waals surface area (Å²) in [4.78, 5) is 12.8. The summed E-state index contributed by atoms with van der Waals surface area (Å²) < 4.78 is 38.8. The van der Waals surface area contributed by atoms with E-state index in [9.17, 15) is 13.4 Å². The highest BCUT2D eigenvalue weighted by molar-refractivity contribution is 7.91. The third kappa shape index (κ3) is 3.40. The van der Waals surface area contributed by atoms with Crippen LogP contribution in [0.25, 0.3) is 0 Å². The number of halogens is 1. The monoisotopic (exact) mass is 448 g/mol. The first kappa shape index (κ1) is 20.4. The maximum Gasteiger partial charge on any atom is 0.354 e. The zero-order chi connectivity index (χ0) is 21.8. The molecule has 0 bridgehead atoms. The van der Waals surface area contributed by atoms with Gasteiger partial charge in [0.25, 0.3) is 0 Å². The van der Waals surface area contributed by atoms with Gasteiger partial charge in [-0.25, -0.2) is 23.2 Å². The Bertz CT molecular complexity index is 1200. The highest BCUT2D eigenvalue weighted by Gasteiger charge is 2.32. The van der Waals surface area contributed by atoms with Gasteiger partial charge < -0.3 is 15.4 Å². The van der Waals surface area contributed by atoms with Crippen LogP contribution >= 0.6 is 0 Å². The summed E-state index contributed by atoms with van der Waals surface area (Å²) in [6.45, 7) is 3.70. The number of nitrogens with zero attached hydrogens (tertiary/aromatic N) is 3. The number of nitrogens with two attached hydrogens (primary N) is 1. The Kier molecular flexibility index (Phi) is 4.98. The van der Waals surface area contributed by atoms with Crippen molar-refractivity contribution in [2.45, 2.75) is 56.5 Å². The summed E-state index contributed by atoms with van der Waals surface area (Å²) >= 11 is 0. The molecule has 2 aliphatic carbocycles. The largest absolute Gasteiger partial charge is 0.475 e. The number of anilines is 1. The van der Waals surface area contributed by atoms with Crippen LogP contribution in [0.15, 0.2) is 15.5 Å². The molecule has 0 radical (unpaired) electrons. The number of likely N-dealkylation sites (N-methyl/N-ethyl adjacent to an activating group) is 1. The minimum atomic E-state index is -3.57. The van der Waals surface area contributed by atoms with Crippen molar-refractivity contribution >= 4 is 21.6 Å². The summed E-state index contributed by atoms with van der Waals surface area (Å²) in [5.74, 6) is 0.135. The molecule has 0 saturated heterocycles. The van der Waals surface area contributed by atoms with Crippen LogP contribution < -0.4 is 20.5 Å². The molecule has 2 aromatic rings. The number of nitrogens with one attached hydrogen (secondary N) is 2. The second kappa shape index (κ2) is 7.57. The zero-order valence-electron chi connectivity index (χ0n) is 17.2. The molecule has 11 heteroatoms. The van der Waals surface area contributed by atoms with E-state index in [0.717, 1.165) is 24.1 Å². The van der Waals surface area contributed by atoms with E-state index in [1.807, 2.05) is 6.92 Å². The number of carbonyl (C=O) groups is 1. The third-order valence-corrected chi connectivity index (χ3v) is 7.52. The number of aromatic nitrogens is 2. The van der Waals surface area contributed by atoms with Gasteiger partial charge in [-0.2, -0.15) is 5.10 Å². The van der Waals surface area contributed by atoms with Crippen LogP contribution in [0.2, 0.25) is 0 Å². The van der Waals surface area contributed by atoms with E-state index < -0.39 is 15.9 Å². The molecule has 0 fully saturated rings. The van der Waals surface area contributed by atoms with Gasteiger partial charge in [0.05, 0.1) is 18.8 Å². The fourth-order valence-corrected chi connectivity index (χ4v) is 5.66. The average molecular weight is 449 g/mol. The SMILES string of the molecule is CCNC1COc2c(S(N)(=O)=NC(=O)Nc3c4c(c(F)c5c3CC5)CCC4)cnn2C1. The molecule has 2 unspecified atom stereocenters. The fourth-order valence-electron chi connectivity index (χ4n) is 4.66. The number of carbonyl (C=O) groups excluding carboxylic acids is 1. The van der Waals surface area contributed by atoms with Crippen molar-refractivity contribution in [2.24, 2.45) is 9.50 Å². The van der Waals surface area contributed by atoms with Gasteiger partial charge in [0, 0.05) is 5.69 Å². The van der Waals surface area contributed by atoms with Gasteiger partial charge in [-0.05, 0) is 60.9 Å². The standard InChI is InChI=1S/C20H25FN6O3S/c1-2-23-11-9-27-19(30-10-11)16(8-24-27)31(22,29)26-20(28)25-18-14-5-3-4-12(14)17(21)13-6-7-15(13)18/h8,11,23H,2-7,9-10H2,1H3,(H3,22,25,26,28,29). The average Bonchev–Trinajstić information content (AvgIpc) is 3.33. The summed E-state index contributed by atoms with van der Waals surface area (Å²) in [7, 11) is -3.57. The summed E-state index contributed by atoms with van der Waals surface area (Å²) in [6, 6.07) is -0.735. The number of fused-ring (bicyclic) bond motifs is 3. The molecule has 1 aromatic heterocycles. The topological polar surface area (TPSA) is 124 Å². The van der Waals surface area contributed by atoms with Crippen LogP contribution in [0.5, 0.6) is 5.88 Å². The van der Waals surface area contributed by atoms with Crippen molar-refractivity contribution in [1.29, 1.82) is 0 Å². The van der Waals surface area contributed by atoms with Gasteiger partial charge >= 0.3 is 6.03 Å². The smallest absolute Gasteiger partial charge is 0.354 e. The minimum Gasteiger partial charge on any atom is -0.475 e. The molecule has 166 valence electrons. The lowest BCUT2D eigenvalue weighted by atomic mass is 9.83. The van der Waals surface area contributed by atoms with Gasteiger partial charge in [0.2, 0.25) is 5.88 Å². The maximum atomic E-state index is 14.6. The summed E-state index contributed by atoms with van der Waals surface area (Å²) in [6.07, 6.45) is 4.91. The van der Waals surface area contributed by atoms with Gasteiger partial charge in [0.1, 0.15) is 17.3 Å². The Hall–Kier alpha value is -2.50. The molecule has 2 amide bonds. The lowest BCUT2D eigenvalue weighted by Gasteiger charge is -2.26. The van der Waals surface area contributed by atoms with Crippen LogP contribution in [0, 0.1) is 5.82 Å². The highest BCUT2D eigenvalue weighted by atomic mass is 32.2. The van der Waals surface area contributed by atoms with E-state index in [0.29, 0.717) is 55.6 Å². The quantitative estimate of drug-likeness (QED) is 0.659. The first-order valence-electron chi connectivity index (χ1n) is 10.5. The van der Waals surface area contributed by atoms with E-state index >= 15 is 0 Å². The van der Waals surface area contributed by atoms with Crippen molar-refractivity contribution < 1.29 is 18.1 Å². The second-order valence-corrected chi connectivity index (χ2v) is 9.87. The molecule has 2 heterocycles. The number of ether oxygens (including phenoxy) is 1. The fraction of sp³-hybridized carbons (Fsp3) is 0.500. The number of urea groups is 1. The first-order valence-corrected chi connectivity index (χ1v) is 12.1. The summed E-state index contributed by atoms with van der Waals surface area (Å²) in [5.41, 5.74) is 3.59. The second-order valence-electron chi connectivity index (χ2n) is 8.11. The first-order chi connectivity index (χ1) is 14.9. The van der Waals surface area contributed by atoms with Gasteiger partial charge in [-0.1, -0.05) is 6.92 Å². The molecule has 9 nitrogen and oxygen atoms in total. The van der Waals surface area contributed by atoms with E-state index in [1.54, 1.807) is 4.68 Å². The van der Waals surface area contributed by atoms with E-state index in [-0.39, 0.29) is 22.6 Å². The maximum absolute atomic E-state index is 14.6. The van der Waals surface area contributed by atoms with Crippen LogP contribution in [-0.2, 0) is 42.1 Å². The van der Waals surface area contributed by atoms with E-state index in [1.165, 1.54) is 6.20 Å². The molecule has 1 aromatic carbocycles. The predicted octanol–water partition coefficient (Wildman–Crippen LogP) is 1.91. The molecular weight excluding hydrogens is 423 g/mol. The van der Waals surface area contributed by atoms with Crippen molar-refractivity contribution in [3.8, 4) is 5.88 Å². The zero-order valence-corrected chi connectivity index (χ0v) is 18.1. The van der Waals surface area contributed by atoms with Crippen LogP contribution in [-0.4, -0.2) is 39.2 Å². The van der Waals surface area contributed by atoms with Crippen LogP contribution in [0.4, 0.5) is 14.9 Å². The Balaban J connectivity index is 1.43. The molecule has 3 aliphatic rings. The number of hydrogen-bond donors (Lipinski definition) is 3. The van der Waals surface area contributed by atoms with Crippen molar-refractivity contribution in [1.82, 2.24) is 15.1 Å². The lowest BCUT2D eigenvalue weighted by molar-refractivity contribution is 0.180. The van der Waals surface area contributed by atoms with E-state index in [2.05, 4.69) is 20.1 Å². The lowest BCUT2D eigenvalue weighted by Crippen LogP contribution is -2.42. The molecule has 0 saturated carbocycles. The van der Waals surface area contributed by atoms with Crippen molar-refractivity contribution in [3.05, 3.63) is 34.3 Å². The highest BCUT2D eigenvalue weighted by Crippen LogP contribution is 2.42. The molecule has 4 N–H and O–H groups in total. The molecule has 5 rings (SSSR count). The third-order valence-electron chi connectivity index (χ3n) is 6.17. The number of rotatable bonds is 4. The van der Waals surface area contributed by atoms with Crippen LogP contribution in [0.1, 0.15) is 35.6 Å². The van der Waals surface area contributed by atoms with Gasteiger partial charge in [-0.15, -0.1) is 4.36 Å². The van der Waals surface area contributed by atoms with E-state index in [4.69, 9.17) is 9.88 Å². The molecule has 1 aliphatic heterocycles. The van der Waals surface area contributed by atoms with Gasteiger partial charge in [0.15, 0.2) is 9.92 Å². The van der Waals surface area contributed by atoms with Crippen LogP contribution in [0.3, 0.4) is 0 Å². The Morgan fingerprint density at radius 1 is 1.32 bits per heavy atom. The minimum absolute atomic E-state index is 0.0815. The number of benzene rings is 1. The predicted molar refractivity (Wildman–Crippen MR) is 113 cm³/mol. The number of amides is 2. The van der Waals surface area contributed by atoms with Crippen molar-refractivity contribution in [3.63, 3.8) is 0 Å².